The van der Waals surface area contributed by atoms with Gasteiger partial charge >= 0.3 is 12.1 Å². The molecule has 0 aromatic heterocycles. The number of carbonyl (C=O) groups is 2. The van der Waals surface area contributed by atoms with Crippen LogP contribution in [-0.2, 0) is 4.74 Å². The Balaban J connectivity index is 0. The number of benzene rings is 1. The van der Waals surface area contributed by atoms with Crippen molar-refractivity contribution < 1.29 is 35.5 Å². The number of anilines is 1. The smallest absolute Gasteiger partial charge is 0.411 e. The molecule has 7 N–H and O–H groups in total. The maximum Gasteiger partial charge on any atom is 0.411 e. The van der Waals surface area contributed by atoms with Gasteiger partial charge in [-0.2, -0.15) is 0 Å². The van der Waals surface area contributed by atoms with Gasteiger partial charge in [-0.1, -0.05) is 39.0 Å². The van der Waals surface area contributed by atoms with E-state index in [-0.39, 0.29) is 22.2 Å². The highest BCUT2D eigenvalue weighted by atomic mass is 16.5. The number of carboxylic acids is 1. The summed E-state index contributed by atoms with van der Waals surface area (Å²) in [4.78, 5) is 22.3. The SMILES string of the molecule is CCCCCCCCOC(=O)Nc1ccc(C(=O)O)c(O)c1.O.O. The Bertz CT molecular complexity index is 505. The van der Waals surface area contributed by atoms with Gasteiger partial charge in [0.05, 0.1) is 6.61 Å². The molecule has 1 amide bonds. The van der Waals surface area contributed by atoms with Crippen molar-refractivity contribution in [2.75, 3.05) is 11.9 Å². The van der Waals surface area contributed by atoms with E-state index in [2.05, 4.69) is 12.2 Å². The maximum atomic E-state index is 11.5. The Morgan fingerprint density at radius 3 is 2.29 bits per heavy atom. The molecule has 8 nitrogen and oxygen atoms in total. The van der Waals surface area contributed by atoms with E-state index in [0.29, 0.717) is 6.61 Å². The molecule has 1 aromatic rings. The lowest BCUT2D eigenvalue weighted by Crippen LogP contribution is -2.14. The lowest BCUT2D eigenvalue weighted by molar-refractivity contribution is 0.0693. The summed E-state index contributed by atoms with van der Waals surface area (Å²) in [5.74, 6) is -1.63. The van der Waals surface area contributed by atoms with E-state index >= 15 is 0 Å². The number of carbonyl (C=O) groups excluding carboxylic acids is 1. The van der Waals surface area contributed by atoms with Gasteiger partial charge in [-0.25, -0.2) is 9.59 Å². The predicted molar refractivity (Wildman–Crippen MR) is 90.6 cm³/mol. The highest BCUT2D eigenvalue weighted by Gasteiger charge is 2.11. The van der Waals surface area contributed by atoms with Crippen LogP contribution in [0.4, 0.5) is 10.5 Å². The van der Waals surface area contributed by atoms with Crippen LogP contribution in [0, 0.1) is 0 Å². The van der Waals surface area contributed by atoms with Crippen molar-refractivity contribution in [2.45, 2.75) is 45.4 Å². The fourth-order valence-electron chi connectivity index (χ4n) is 1.99. The second kappa shape index (κ2) is 13.1. The average Bonchev–Trinajstić information content (AvgIpc) is 2.46. The van der Waals surface area contributed by atoms with E-state index in [9.17, 15) is 14.7 Å². The monoisotopic (exact) mass is 345 g/mol. The zero-order chi connectivity index (χ0) is 16.4. The number of rotatable bonds is 9. The minimum absolute atomic E-state index is 0. The van der Waals surface area contributed by atoms with Gasteiger partial charge in [-0.05, 0) is 18.6 Å². The quantitative estimate of drug-likeness (QED) is 0.585. The van der Waals surface area contributed by atoms with E-state index < -0.39 is 17.8 Å². The molecule has 0 aliphatic carbocycles. The fourth-order valence-corrected chi connectivity index (χ4v) is 1.99. The summed E-state index contributed by atoms with van der Waals surface area (Å²) >= 11 is 0. The van der Waals surface area contributed by atoms with Crippen LogP contribution >= 0.6 is 0 Å². The van der Waals surface area contributed by atoms with Crippen molar-refractivity contribution in [3.8, 4) is 5.75 Å². The van der Waals surface area contributed by atoms with E-state index in [0.717, 1.165) is 19.3 Å². The Hall–Kier alpha value is -2.32. The van der Waals surface area contributed by atoms with Crippen LogP contribution in [0.5, 0.6) is 5.75 Å². The molecule has 138 valence electrons. The predicted octanol–water partition coefficient (Wildman–Crippen LogP) is 2.35. The van der Waals surface area contributed by atoms with Gasteiger partial charge < -0.3 is 25.9 Å². The van der Waals surface area contributed by atoms with Crippen LogP contribution in [0.25, 0.3) is 0 Å². The fraction of sp³-hybridized carbons (Fsp3) is 0.500. The summed E-state index contributed by atoms with van der Waals surface area (Å²) in [7, 11) is 0. The summed E-state index contributed by atoms with van der Waals surface area (Å²) in [6.07, 6.45) is 6.02. The Morgan fingerprint density at radius 2 is 1.71 bits per heavy atom. The molecular formula is C16H27NO7. The molecule has 0 saturated carbocycles. The van der Waals surface area contributed by atoms with Gasteiger partial charge in [0.15, 0.2) is 0 Å². The number of carboxylic acid groups (broad SMARTS) is 1. The van der Waals surface area contributed by atoms with Crippen LogP contribution in [0.15, 0.2) is 18.2 Å². The lowest BCUT2D eigenvalue weighted by atomic mass is 10.1. The molecule has 0 unspecified atom stereocenters. The normalized spacial score (nSPS) is 9.38. The van der Waals surface area contributed by atoms with Crippen molar-refractivity contribution in [3.05, 3.63) is 23.8 Å². The van der Waals surface area contributed by atoms with E-state index in [1.54, 1.807) is 0 Å². The number of hydrogen-bond acceptors (Lipinski definition) is 4. The number of aromatic hydroxyl groups is 1. The highest BCUT2D eigenvalue weighted by Crippen LogP contribution is 2.22. The minimum Gasteiger partial charge on any atom is -0.507 e. The van der Waals surface area contributed by atoms with Crippen LogP contribution in [-0.4, -0.2) is 39.8 Å². The van der Waals surface area contributed by atoms with Crippen LogP contribution < -0.4 is 5.32 Å². The summed E-state index contributed by atoms with van der Waals surface area (Å²) < 4.78 is 5.02. The van der Waals surface area contributed by atoms with Crippen molar-refractivity contribution in [3.63, 3.8) is 0 Å². The van der Waals surface area contributed by atoms with E-state index in [1.165, 1.54) is 37.5 Å². The van der Waals surface area contributed by atoms with Crippen LogP contribution in [0.3, 0.4) is 0 Å². The number of hydrogen-bond donors (Lipinski definition) is 3. The summed E-state index contributed by atoms with van der Waals surface area (Å²) in [6, 6.07) is 3.80. The Morgan fingerprint density at radius 1 is 1.08 bits per heavy atom. The molecule has 0 fully saturated rings. The molecule has 0 saturated heterocycles. The minimum atomic E-state index is -1.23. The summed E-state index contributed by atoms with van der Waals surface area (Å²) in [5, 5.41) is 20.8. The molecule has 1 rings (SSSR count). The average molecular weight is 345 g/mol. The van der Waals surface area contributed by atoms with Gasteiger partial charge in [-0.3, -0.25) is 5.32 Å². The van der Waals surface area contributed by atoms with E-state index in [4.69, 9.17) is 9.84 Å². The second-order valence-electron chi connectivity index (χ2n) is 5.07. The standard InChI is InChI=1S/C16H23NO5.2H2O/c1-2-3-4-5-6-7-10-22-16(21)17-12-8-9-13(15(19)20)14(18)11-12;;/h8-9,11,18H,2-7,10H2,1H3,(H,17,21)(H,19,20);2*1H2. The van der Waals surface area contributed by atoms with E-state index in [1.807, 2.05) is 0 Å². The van der Waals surface area contributed by atoms with Crippen LogP contribution in [0.1, 0.15) is 55.8 Å². The largest absolute Gasteiger partial charge is 0.507 e. The number of aromatic carboxylic acids is 1. The number of phenols is 1. The number of unbranched alkanes of at least 4 members (excludes halogenated alkanes) is 5. The van der Waals surface area contributed by atoms with Gasteiger partial charge in [0, 0.05) is 11.8 Å². The van der Waals surface area contributed by atoms with Crippen molar-refractivity contribution in [2.24, 2.45) is 0 Å². The highest BCUT2D eigenvalue weighted by molar-refractivity contribution is 5.92. The lowest BCUT2D eigenvalue weighted by Gasteiger charge is -2.08. The number of ether oxygens (including phenoxy) is 1. The first-order valence-corrected chi connectivity index (χ1v) is 7.54. The van der Waals surface area contributed by atoms with Gasteiger partial charge in [0.2, 0.25) is 0 Å². The first-order valence-electron chi connectivity index (χ1n) is 7.54. The number of amides is 1. The molecule has 0 bridgehead atoms. The number of nitrogens with one attached hydrogen (secondary N) is 1. The molecule has 0 atom stereocenters. The topological polar surface area (TPSA) is 159 Å². The van der Waals surface area contributed by atoms with Crippen molar-refractivity contribution >= 4 is 17.7 Å². The van der Waals surface area contributed by atoms with Crippen molar-refractivity contribution in [1.82, 2.24) is 0 Å². The summed E-state index contributed by atoms with van der Waals surface area (Å²) in [5.41, 5.74) is 0.0708. The molecule has 0 aliphatic rings. The molecular weight excluding hydrogens is 318 g/mol. The maximum absolute atomic E-state index is 11.5. The zero-order valence-corrected chi connectivity index (χ0v) is 13.8. The van der Waals surface area contributed by atoms with Crippen LogP contribution in [0.2, 0.25) is 0 Å². The van der Waals surface area contributed by atoms with Gasteiger partial charge in [0.25, 0.3) is 0 Å². The Labute approximate surface area is 141 Å². The summed E-state index contributed by atoms with van der Waals surface area (Å²) in [6.45, 7) is 2.51. The molecule has 0 aliphatic heterocycles. The molecule has 24 heavy (non-hydrogen) atoms. The third-order valence-corrected chi connectivity index (χ3v) is 3.21. The molecule has 1 aromatic carbocycles. The molecule has 0 radical (unpaired) electrons. The third kappa shape index (κ3) is 8.96. The zero-order valence-electron chi connectivity index (χ0n) is 13.8. The molecule has 8 heteroatoms. The molecule has 0 spiro atoms. The first-order chi connectivity index (χ1) is 10.5. The van der Waals surface area contributed by atoms with Gasteiger partial charge in [0.1, 0.15) is 11.3 Å². The molecule has 0 heterocycles. The third-order valence-electron chi connectivity index (χ3n) is 3.21. The Kier molecular flexibility index (Phi) is 13.1. The van der Waals surface area contributed by atoms with Gasteiger partial charge in [-0.15, -0.1) is 0 Å². The second-order valence-corrected chi connectivity index (χ2v) is 5.07. The van der Waals surface area contributed by atoms with Crippen molar-refractivity contribution in [1.29, 1.82) is 0 Å². The first kappa shape index (κ1) is 23.9.